The maximum Gasteiger partial charge on any atom is 0.328 e. The Labute approximate surface area is 223 Å². The number of aliphatic carboxylic acids is 1. The van der Waals surface area contributed by atoms with Crippen LogP contribution in [0.2, 0.25) is 0 Å². The van der Waals surface area contributed by atoms with E-state index in [0.717, 1.165) is 33.8 Å². The highest BCUT2D eigenvalue weighted by Crippen LogP contribution is 2.41. The topological polar surface area (TPSA) is 179 Å². The maximum atomic E-state index is 12.0. The lowest BCUT2D eigenvalue weighted by molar-refractivity contribution is -0.288. The number of benzene rings is 1. The molecule has 0 bridgehead atoms. The summed E-state index contributed by atoms with van der Waals surface area (Å²) >= 11 is 0. The Morgan fingerprint density at radius 1 is 0.821 bits per heavy atom. The first kappa shape index (κ1) is 30.9. The van der Waals surface area contributed by atoms with Crippen LogP contribution in [0.1, 0.15) is 33.3 Å². The fourth-order valence-electron chi connectivity index (χ4n) is 3.68. The summed E-state index contributed by atoms with van der Waals surface area (Å²) in [4.78, 5) is 58.3. The summed E-state index contributed by atoms with van der Waals surface area (Å²) in [5, 5.41) is 8.94. The predicted molar refractivity (Wildman–Crippen MR) is 129 cm³/mol. The second kappa shape index (κ2) is 14.0. The molecule has 0 saturated carbocycles. The van der Waals surface area contributed by atoms with Gasteiger partial charge in [0.15, 0.2) is 23.7 Å². The van der Waals surface area contributed by atoms with Gasteiger partial charge in [0.1, 0.15) is 12.7 Å². The Bertz CT molecular complexity index is 1080. The lowest BCUT2D eigenvalue weighted by Crippen LogP contribution is -2.63. The average Bonchev–Trinajstić information content (AvgIpc) is 2.84. The van der Waals surface area contributed by atoms with Crippen molar-refractivity contribution in [3.05, 3.63) is 23.8 Å². The van der Waals surface area contributed by atoms with Gasteiger partial charge in [0.2, 0.25) is 18.1 Å². The van der Waals surface area contributed by atoms with E-state index >= 15 is 0 Å². The predicted octanol–water partition coefficient (Wildman–Crippen LogP) is 1.26. The molecule has 39 heavy (non-hydrogen) atoms. The standard InChI is InChI=1S/C25H30O14/c1-12(26)34-11-19-22(35-13(2)27)23(36-14(3)28)24(37-15(4)29)25(38-19)39-21-17(32-5)9-16(7-8-20(30)31)10-18(21)33-6/h7-10,19,22-25H,11H2,1-6H3,(H,30,31)/t19-,22-,23+,24+,25-/m1/s1. The summed E-state index contributed by atoms with van der Waals surface area (Å²) in [7, 11) is 2.64. The first-order valence-corrected chi connectivity index (χ1v) is 11.5. The largest absolute Gasteiger partial charge is 0.493 e. The molecular formula is C25H30O14. The molecule has 5 atom stereocenters. The van der Waals surface area contributed by atoms with Gasteiger partial charge >= 0.3 is 29.8 Å². The van der Waals surface area contributed by atoms with E-state index in [1.54, 1.807) is 0 Å². The lowest BCUT2D eigenvalue weighted by atomic mass is 9.98. The zero-order valence-corrected chi connectivity index (χ0v) is 22.2. The van der Waals surface area contributed by atoms with Gasteiger partial charge < -0.3 is 43.0 Å². The summed E-state index contributed by atoms with van der Waals surface area (Å²) in [6, 6.07) is 2.89. The van der Waals surface area contributed by atoms with Crippen LogP contribution in [-0.2, 0) is 47.7 Å². The van der Waals surface area contributed by atoms with Crippen LogP contribution >= 0.6 is 0 Å². The van der Waals surface area contributed by atoms with Crippen LogP contribution in [0, 0.1) is 0 Å². The molecule has 14 nitrogen and oxygen atoms in total. The van der Waals surface area contributed by atoms with Crippen molar-refractivity contribution in [3.63, 3.8) is 0 Å². The molecule has 1 aromatic rings. The molecule has 1 fully saturated rings. The second-order valence-corrected chi connectivity index (χ2v) is 8.11. The quantitative estimate of drug-likeness (QED) is 0.235. The van der Waals surface area contributed by atoms with Crippen molar-refractivity contribution < 1.29 is 67.0 Å². The second-order valence-electron chi connectivity index (χ2n) is 8.11. The smallest absolute Gasteiger partial charge is 0.328 e. The zero-order chi connectivity index (χ0) is 29.3. The van der Waals surface area contributed by atoms with E-state index in [-0.39, 0.29) is 17.2 Å². The van der Waals surface area contributed by atoms with E-state index < -0.39 is 67.2 Å². The van der Waals surface area contributed by atoms with Crippen LogP contribution in [0.15, 0.2) is 18.2 Å². The molecule has 2 rings (SSSR count). The van der Waals surface area contributed by atoms with Gasteiger partial charge in [-0.2, -0.15) is 0 Å². The van der Waals surface area contributed by atoms with Gasteiger partial charge in [-0.05, 0) is 23.8 Å². The number of carboxylic acid groups (broad SMARTS) is 1. The molecule has 214 valence electrons. The molecular weight excluding hydrogens is 524 g/mol. The molecule has 1 aliphatic heterocycles. The highest BCUT2D eigenvalue weighted by Gasteiger charge is 2.53. The third-order valence-electron chi connectivity index (χ3n) is 5.08. The molecule has 0 aliphatic carbocycles. The molecule has 0 amide bonds. The Kier molecular flexibility index (Phi) is 11.1. The molecule has 1 N–H and O–H groups in total. The van der Waals surface area contributed by atoms with Crippen LogP contribution in [-0.4, -0.2) is 86.5 Å². The number of esters is 4. The molecule has 0 unspecified atom stereocenters. The highest BCUT2D eigenvalue weighted by molar-refractivity contribution is 5.85. The van der Waals surface area contributed by atoms with Crippen LogP contribution in [0.5, 0.6) is 17.2 Å². The van der Waals surface area contributed by atoms with Crippen LogP contribution in [0.4, 0.5) is 0 Å². The van der Waals surface area contributed by atoms with Crippen molar-refractivity contribution in [2.45, 2.75) is 58.4 Å². The van der Waals surface area contributed by atoms with Crippen molar-refractivity contribution >= 4 is 35.9 Å². The van der Waals surface area contributed by atoms with Gasteiger partial charge in [-0.25, -0.2) is 4.79 Å². The first-order chi connectivity index (χ1) is 18.4. The third-order valence-corrected chi connectivity index (χ3v) is 5.08. The Morgan fingerprint density at radius 2 is 1.33 bits per heavy atom. The monoisotopic (exact) mass is 554 g/mol. The fourth-order valence-corrected chi connectivity index (χ4v) is 3.68. The molecule has 1 aromatic carbocycles. The van der Waals surface area contributed by atoms with Crippen molar-refractivity contribution in [2.24, 2.45) is 0 Å². The van der Waals surface area contributed by atoms with Gasteiger partial charge in [0, 0.05) is 33.8 Å². The van der Waals surface area contributed by atoms with Gasteiger partial charge in [0.05, 0.1) is 14.2 Å². The number of carbonyl (C=O) groups excluding carboxylic acids is 4. The molecule has 0 spiro atoms. The lowest BCUT2D eigenvalue weighted by Gasteiger charge is -2.44. The number of rotatable bonds is 11. The Hall–Kier alpha value is -4.33. The molecule has 0 aromatic heterocycles. The number of methoxy groups -OCH3 is 2. The molecule has 0 radical (unpaired) electrons. The van der Waals surface area contributed by atoms with Crippen molar-refractivity contribution in [3.8, 4) is 17.2 Å². The first-order valence-electron chi connectivity index (χ1n) is 11.5. The van der Waals surface area contributed by atoms with Gasteiger partial charge in [-0.15, -0.1) is 0 Å². The number of ether oxygens (including phenoxy) is 8. The summed E-state index contributed by atoms with van der Waals surface area (Å²) in [6.07, 6.45) is -4.83. The van der Waals surface area contributed by atoms with Crippen molar-refractivity contribution in [1.29, 1.82) is 0 Å². The van der Waals surface area contributed by atoms with Gasteiger partial charge in [-0.1, -0.05) is 0 Å². The van der Waals surface area contributed by atoms with Crippen LogP contribution in [0.3, 0.4) is 0 Å². The summed E-state index contributed by atoms with van der Waals surface area (Å²) in [5.74, 6) is -4.12. The van der Waals surface area contributed by atoms with Gasteiger partial charge in [0.25, 0.3) is 0 Å². The Morgan fingerprint density at radius 3 is 1.79 bits per heavy atom. The number of hydrogen-bond donors (Lipinski definition) is 1. The van der Waals surface area contributed by atoms with Crippen LogP contribution < -0.4 is 14.2 Å². The zero-order valence-electron chi connectivity index (χ0n) is 22.2. The SMILES string of the molecule is COc1cc(C=CC(=O)O)cc(OC)c1O[C@H]1O[C@H](COC(C)=O)[C@@H](OC(C)=O)[C@H](OC(C)=O)[C@@H]1OC(C)=O. The average molecular weight is 555 g/mol. The van der Waals surface area contributed by atoms with Crippen molar-refractivity contribution in [1.82, 2.24) is 0 Å². The fraction of sp³-hybridized carbons (Fsp3) is 0.480. The number of carbonyl (C=O) groups is 5. The van der Waals surface area contributed by atoms with Crippen LogP contribution in [0.25, 0.3) is 6.08 Å². The van der Waals surface area contributed by atoms with Gasteiger partial charge in [-0.3, -0.25) is 19.2 Å². The third kappa shape index (κ3) is 8.88. The summed E-state index contributed by atoms with van der Waals surface area (Å²) < 4.78 is 43.9. The normalized spacial score (nSPS) is 22.4. The molecule has 1 heterocycles. The maximum absolute atomic E-state index is 12.0. The number of hydrogen-bond acceptors (Lipinski definition) is 13. The number of carboxylic acids is 1. The minimum Gasteiger partial charge on any atom is -0.493 e. The minimum absolute atomic E-state index is 0.0478. The molecule has 1 saturated heterocycles. The summed E-state index contributed by atoms with van der Waals surface area (Å²) in [5.41, 5.74) is 0.389. The van der Waals surface area contributed by atoms with E-state index in [0.29, 0.717) is 5.56 Å². The minimum atomic E-state index is -1.53. The van der Waals surface area contributed by atoms with E-state index in [4.69, 9.17) is 43.0 Å². The van der Waals surface area contributed by atoms with E-state index in [9.17, 15) is 24.0 Å². The molecule has 14 heteroatoms. The van der Waals surface area contributed by atoms with E-state index in [1.807, 2.05) is 0 Å². The Balaban J connectivity index is 2.62. The van der Waals surface area contributed by atoms with Crippen molar-refractivity contribution in [2.75, 3.05) is 20.8 Å². The molecule has 1 aliphatic rings. The highest BCUT2D eigenvalue weighted by atomic mass is 16.7. The summed E-state index contributed by atoms with van der Waals surface area (Å²) in [6.45, 7) is 4.01. The van der Waals surface area contributed by atoms with E-state index in [2.05, 4.69) is 0 Å². The van der Waals surface area contributed by atoms with E-state index in [1.165, 1.54) is 32.4 Å².